The number of urea groups is 1. The van der Waals surface area contributed by atoms with E-state index in [-0.39, 0.29) is 12.5 Å². The van der Waals surface area contributed by atoms with Crippen LogP contribution in [0.1, 0.15) is 18.0 Å². The Morgan fingerprint density at radius 1 is 1.67 bits per heavy atom. The van der Waals surface area contributed by atoms with Crippen molar-refractivity contribution in [2.45, 2.75) is 12.3 Å². The zero-order chi connectivity index (χ0) is 10.8. The van der Waals surface area contributed by atoms with Crippen molar-refractivity contribution in [2.75, 3.05) is 6.54 Å². The number of hydroxylamine groups is 2. The molecule has 0 unspecified atom stereocenters. The largest absolute Gasteiger partial charge is 0.350 e. The lowest BCUT2D eigenvalue weighted by Crippen LogP contribution is -2.34. The average Bonchev–Trinajstić information content (AvgIpc) is 2.98. The van der Waals surface area contributed by atoms with Crippen LogP contribution in [-0.4, -0.2) is 27.8 Å². The molecule has 1 heterocycles. The average molecular weight is 207 g/mol. The Kier molecular flexibility index (Phi) is 2.55. The standard InChI is InChI=1S/C10H13N3O2/c11-10(14)13(15)6-7-5-8(7)9-3-1-2-4-12-9/h1-4,7-8,15H,5-6H2,(H2,11,14)/t7-,8+/m0/s1. The van der Waals surface area contributed by atoms with Crippen LogP contribution < -0.4 is 5.73 Å². The molecule has 0 spiro atoms. The molecule has 1 saturated carbocycles. The van der Waals surface area contributed by atoms with Crippen molar-refractivity contribution in [3.8, 4) is 0 Å². The Morgan fingerprint density at radius 2 is 2.47 bits per heavy atom. The van der Waals surface area contributed by atoms with Gasteiger partial charge in [-0.15, -0.1) is 0 Å². The van der Waals surface area contributed by atoms with Crippen LogP contribution in [0.5, 0.6) is 0 Å². The van der Waals surface area contributed by atoms with E-state index in [0.29, 0.717) is 11.0 Å². The molecule has 0 radical (unpaired) electrons. The van der Waals surface area contributed by atoms with Gasteiger partial charge in [0.15, 0.2) is 0 Å². The van der Waals surface area contributed by atoms with Crippen LogP contribution in [0.3, 0.4) is 0 Å². The summed E-state index contributed by atoms with van der Waals surface area (Å²) in [6.45, 7) is 0.288. The molecule has 0 aromatic carbocycles. The number of nitrogens with two attached hydrogens (primary N) is 1. The second kappa shape index (κ2) is 3.86. The number of aromatic nitrogens is 1. The molecule has 2 amide bonds. The Balaban J connectivity index is 1.89. The summed E-state index contributed by atoms with van der Waals surface area (Å²) in [6, 6.07) is 4.95. The van der Waals surface area contributed by atoms with Gasteiger partial charge in [-0.05, 0) is 24.5 Å². The molecule has 1 aromatic heterocycles. The number of carbonyl (C=O) groups excluding carboxylic acids is 1. The number of hydrogen-bond donors (Lipinski definition) is 2. The minimum atomic E-state index is -0.804. The summed E-state index contributed by atoms with van der Waals surface area (Å²) in [5.74, 6) is 0.623. The van der Waals surface area contributed by atoms with Gasteiger partial charge in [0.05, 0.1) is 6.54 Å². The van der Waals surface area contributed by atoms with E-state index in [1.807, 2.05) is 18.2 Å². The van der Waals surface area contributed by atoms with Crippen molar-refractivity contribution in [1.29, 1.82) is 0 Å². The fourth-order valence-electron chi connectivity index (χ4n) is 1.72. The molecule has 1 aliphatic rings. The highest BCUT2D eigenvalue weighted by molar-refractivity contribution is 5.70. The van der Waals surface area contributed by atoms with Gasteiger partial charge in [-0.25, -0.2) is 9.86 Å². The van der Waals surface area contributed by atoms with Crippen molar-refractivity contribution >= 4 is 6.03 Å². The molecule has 5 nitrogen and oxygen atoms in total. The van der Waals surface area contributed by atoms with E-state index < -0.39 is 6.03 Å². The molecule has 1 aromatic rings. The van der Waals surface area contributed by atoms with Gasteiger partial charge in [0.1, 0.15) is 0 Å². The minimum Gasteiger partial charge on any atom is -0.350 e. The molecule has 0 aliphatic heterocycles. The summed E-state index contributed by atoms with van der Waals surface area (Å²) < 4.78 is 0. The summed E-state index contributed by atoms with van der Waals surface area (Å²) in [6.07, 6.45) is 2.69. The number of hydrogen-bond acceptors (Lipinski definition) is 3. The minimum absolute atomic E-state index is 0.275. The van der Waals surface area contributed by atoms with Gasteiger partial charge in [0.2, 0.25) is 0 Å². The fraction of sp³-hybridized carbons (Fsp3) is 0.400. The summed E-state index contributed by atoms with van der Waals surface area (Å²) >= 11 is 0. The molecule has 1 aliphatic carbocycles. The summed E-state index contributed by atoms with van der Waals surface area (Å²) in [4.78, 5) is 14.8. The van der Waals surface area contributed by atoms with Crippen LogP contribution in [0.4, 0.5) is 4.79 Å². The van der Waals surface area contributed by atoms with E-state index >= 15 is 0 Å². The highest BCUT2D eigenvalue weighted by Gasteiger charge is 2.40. The monoisotopic (exact) mass is 207 g/mol. The Hall–Kier alpha value is -1.62. The number of pyridine rings is 1. The normalized spacial score (nSPS) is 23.5. The van der Waals surface area contributed by atoms with Gasteiger partial charge in [-0.2, -0.15) is 0 Å². The Bertz CT molecular complexity index is 355. The lowest BCUT2D eigenvalue weighted by Gasteiger charge is -2.10. The highest BCUT2D eigenvalue weighted by atomic mass is 16.5. The van der Waals surface area contributed by atoms with Gasteiger partial charge < -0.3 is 5.73 Å². The van der Waals surface area contributed by atoms with Gasteiger partial charge in [0, 0.05) is 17.8 Å². The lowest BCUT2D eigenvalue weighted by molar-refractivity contribution is -0.0432. The SMILES string of the molecule is NC(=O)N(O)C[C@@H]1C[C@H]1c1ccccn1. The summed E-state index contributed by atoms with van der Waals surface area (Å²) in [7, 11) is 0. The molecule has 0 bridgehead atoms. The Labute approximate surface area is 87.5 Å². The number of primary amides is 1. The van der Waals surface area contributed by atoms with Crippen molar-refractivity contribution in [3.63, 3.8) is 0 Å². The van der Waals surface area contributed by atoms with Crippen molar-refractivity contribution in [1.82, 2.24) is 10.0 Å². The molecule has 0 saturated heterocycles. The molecule has 15 heavy (non-hydrogen) atoms. The van der Waals surface area contributed by atoms with Crippen LogP contribution in [0.15, 0.2) is 24.4 Å². The van der Waals surface area contributed by atoms with Gasteiger partial charge in [-0.3, -0.25) is 10.2 Å². The van der Waals surface area contributed by atoms with E-state index in [1.54, 1.807) is 6.20 Å². The lowest BCUT2D eigenvalue weighted by atomic mass is 10.2. The van der Waals surface area contributed by atoms with Crippen LogP contribution in [-0.2, 0) is 0 Å². The van der Waals surface area contributed by atoms with E-state index in [0.717, 1.165) is 12.1 Å². The number of amides is 2. The number of nitrogens with zero attached hydrogens (tertiary/aromatic N) is 2. The maximum absolute atomic E-state index is 10.6. The van der Waals surface area contributed by atoms with Crippen molar-refractivity contribution in [3.05, 3.63) is 30.1 Å². The maximum Gasteiger partial charge on any atom is 0.338 e. The molecular formula is C10H13N3O2. The maximum atomic E-state index is 10.6. The third-order valence-corrected chi connectivity index (χ3v) is 2.65. The topological polar surface area (TPSA) is 79.5 Å². The van der Waals surface area contributed by atoms with E-state index in [4.69, 9.17) is 10.9 Å². The molecule has 2 atom stereocenters. The van der Waals surface area contributed by atoms with Crippen molar-refractivity contribution in [2.24, 2.45) is 11.7 Å². The predicted molar refractivity (Wildman–Crippen MR) is 53.2 cm³/mol. The highest BCUT2D eigenvalue weighted by Crippen LogP contribution is 2.46. The predicted octanol–water partition coefficient (Wildman–Crippen LogP) is 0.955. The Morgan fingerprint density at radius 3 is 3.07 bits per heavy atom. The van der Waals surface area contributed by atoms with Gasteiger partial charge in [0.25, 0.3) is 0 Å². The van der Waals surface area contributed by atoms with Gasteiger partial charge >= 0.3 is 6.03 Å². The first-order chi connectivity index (χ1) is 7.18. The van der Waals surface area contributed by atoms with Gasteiger partial charge in [-0.1, -0.05) is 6.07 Å². The van der Waals surface area contributed by atoms with Crippen molar-refractivity contribution < 1.29 is 10.0 Å². The fourth-order valence-corrected chi connectivity index (χ4v) is 1.72. The third kappa shape index (κ3) is 2.24. The molecular weight excluding hydrogens is 194 g/mol. The van der Waals surface area contributed by atoms with Crippen LogP contribution >= 0.6 is 0 Å². The third-order valence-electron chi connectivity index (χ3n) is 2.65. The smallest absolute Gasteiger partial charge is 0.338 e. The zero-order valence-electron chi connectivity index (χ0n) is 8.21. The zero-order valence-corrected chi connectivity index (χ0v) is 8.21. The molecule has 2 rings (SSSR count). The van der Waals surface area contributed by atoms with Crippen LogP contribution in [0.25, 0.3) is 0 Å². The molecule has 80 valence electrons. The van der Waals surface area contributed by atoms with E-state index in [9.17, 15) is 4.79 Å². The second-order valence-electron chi connectivity index (χ2n) is 3.78. The number of rotatable bonds is 3. The summed E-state index contributed by atoms with van der Waals surface area (Å²) in [5.41, 5.74) is 5.93. The second-order valence-corrected chi connectivity index (χ2v) is 3.78. The van der Waals surface area contributed by atoms with Crippen LogP contribution in [0.2, 0.25) is 0 Å². The molecule has 1 fully saturated rings. The first kappa shape index (κ1) is 9.92. The first-order valence-corrected chi connectivity index (χ1v) is 4.85. The quantitative estimate of drug-likeness (QED) is 0.572. The van der Waals surface area contributed by atoms with E-state index in [1.165, 1.54) is 0 Å². The number of carbonyl (C=O) groups is 1. The molecule has 5 heteroatoms. The first-order valence-electron chi connectivity index (χ1n) is 4.85. The summed E-state index contributed by atoms with van der Waals surface area (Å²) in [5, 5.41) is 9.70. The molecule has 3 N–H and O–H groups in total. The van der Waals surface area contributed by atoms with E-state index in [2.05, 4.69) is 4.98 Å². The van der Waals surface area contributed by atoms with Crippen LogP contribution in [0, 0.1) is 5.92 Å².